The second kappa shape index (κ2) is 4.41. The molecule has 0 fully saturated rings. The number of benzene rings is 1. The quantitative estimate of drug-likeness (QED) is 0.838. The first-order chi connectivity index (χ1) is 7.70. The predicted molar refractivity (Wildman–Crippen MR) is 68.6 cm³/mol. The number of hydrogen-bond donors (Lipinski definition) is 2. The smallest absolute Gasteiger partial charge is 0.0736 e. The van der Waals surface area contributed by atoms with E-state index in [-0.39, 0.29) is 0 Å². The summed E-state index contributed by atoms with van der Waals surface area (Å²) in [7, 11) is 1.83. The number of nitrogen functional groups attached to an aromatic ring is 1. The topological polar surface area (TPSA) is 50.9 Å². The van der Waals surface area contributed by atoms with Crippen LogP contribution in [0.1, 0.15) is 0 Å². The molecular weight excluding hydrogens is 222 g/mol. The van der Waals surface area contributed by atoms with E-state index < -0.39 is 0 Å². The molecular formula is C12H12ClN3. The number of aromatic nitrogens is 1. The van der Waals surface area contributed by atoms with E-state index in [0.717, 1.165) is 16.9 Å². The van der Waals surface area contributed by atoms with Gasteiger partial charge in [0.25, 0.3) is 0 Å². The average molecular weight is 234 g/mol. The Morgan fingerprint density at radius 3 is 2.56 bits per heavy atom. The van der Waals surface area contributed by atoms with Gasteiger partial charge in [-0.05, 0) is 18.2 Å². The van der Waals surface area contributed by atoms with E-state index in [9.17, 15) is 0 Å². The molecule has 2 aromatic rings. The van der Waals surface area contributed by atoms with E-state index in [1.54, 1.807) is 6.20 Å². The Labute approximate surface area is 99.3 Å². The number of nitrogens with one attached hydrogen (secondary N) is 1. The van der Waals surface area contributed by atoms with Gasteiger partial charge in [0, 0.05) is 17.6 Å². The highest BCUT2D eigenvalue weighted by atomic mass is 35.5. The number of anilines is 2. The van der Waals surface area contributed by atoms with E-state index in [1.165, 1.54) is 0 Å². The summed E-state index contributed by atoms with van der Waals surface area (Å²) in [5.74, 6) is 0. The summed E-state index contributed by atoms with van der Waals surface area (Å²) in [6.07, 6.45) is 1.65. The summed E-state index contributed by atoms with van der Waals surface area (Å²) in [5.41, 5.74) is 9.16. The molecule has 0 amide bonds. The maximum absolute atomic E-state index is 5.83. The van der Waals surface area contributed by atoms with E-state index in [2.05, 4.69) is 10.3 Å². The van der Waals surface area contributed by atoms with Crippen LogP contribution in [0.4, 0.5) is 11.4 Å². The first kappa shape index (κ1) is 10.8. The van der Waals surface area contributed by atoms with Crippen molar-refractivity contribution in [3.63, 3.8) is 0 Å². The highest BCUT2D eigenvalue weighted by Gasteiger charge is 2.03. The van der Waals surface area contributed by atoms with Crippen molar-refractivity contribution >= 4 is 23.0 Å². The molecule has 2 rings (SSSR count). The minimum absolute atomic E-state index is 0.639. The molecule has 82 valence electrons. The predicted octanol–water partition coefficient (Wildman–Crippen LogP) is 3.03. The van der Waals surface area contributed by atoms with Crippen molar-refractivity contribution in [2.75, 3.05) is 18.1 Å². The molecule has 16 heavy (non-hydrogen) atoms. The van der Waals surface area contributed by atoms with Crippen LogP contribution in [-0.2, 0) is 0 Å². The molecule has 0 saturated carbocycles. The van der Waals surface area contributed by atoms with Crippen LogP contribution in [0.25, 0.3) is 11.3 Å². The van der Waals surface area contributed by atoms with Gasteiger partial charge in [-0.1, -0.05) is 23.7 Å². The third-order valence-corrected chi connectivity index (χ3v) is 2.60. The summed E-state index contributed by atoms with van der Waals surface area (Å²) in [4.78, 5) is 4.28. The van der Waals surface area contributed by atoms with Crippen LogP contribution in [0.15, 0.2) is 36.5 Å². The van der Waals surface area contributed by atoms with Gasteiger partial charge in [-0.15, -0.1) is 0 Å². The Kier molecular flexibility index (Phi) is 2.97. The molecule has 0 spiro atoms. The van der Waals surface area contributed by atoms with Crippen LogP contribution in [0, 0.1) is 0 Å². The zero-order valence-corrected chi connectivity index (χ0v) is 9.62. The van der Waals surface area contributed by atoms with E-state index in [4.69, 9.17) is 17.3 Å². The van der Waals surface area contributed by atoms with Crippen LogP contribution >= 0.6 is 11.6 Å². The molecule has 0 atom stereocenters. The van der Waals surface area contributed by atoms with Crippen molar-refractivity contribution < 1.29 is 0 Å². The summed E-state index contributed by atoms with van der Waals surface area (Å²) >= 11 is 5.83. The average Bonchev–Trinajstić information content (AvgIpc) is 2.31. The van der Waals surface area contributed by atoms with Crippen molar-refractivity contribution in [3.8, 4) is 11.3 Å². The maximum atomic E-state index is 5.83. The lowest BCUT2D eigenvalue weighted by Gasteiger charge is -2.07. The van der Waals surface area contributed by atoms with Crippen LogP contribution < -0.4 is 11.1 Å². The number of pyridine rings is 1. The van der Waals surface area contributed by atoms with Crippen LogP contribution in [0.5, 0.6) is 0 Å². The molecule has 4 heteroatoms. The summed E-state index contributed by atoms with van der Waals surface area (Å²) in [6, 6.07) is 9.46. The number of nitrogens with two attached hydrogens (primary N) is 1. The second-order valence-corrected chi connectivity index (χ2v) is 3.85. The number of nitrogens with zero attached hydrogens (tertiary/aromatic N) is 1. The molecule has 3 nitrogen and oxygen atoms in total. The minimum atomic E-state index is 0.639. The van der Waals surface area contributed by atoms with Crippen molar-refractivity contribution in [1.82, 2.24) is 4.98 Å². The fraction of sp³-hybridized carbons (Fsp3) is 0.0833. The molecule has 0 unspecified atom stereocenters. The Morgan fingerprint density at radius 2 is 1.94 bits per heavy atom. The Bertz CT molecular complexity index is 494. The third kappa shape index (κ3) is 2.09. The lowest BCUT2D eigenvalue weighted by molar-refractivity contribution is 1.32. The first-order valence-electron chi connectivity index (χ1n) is 4.90. The van der Waals surface area contributed by atoms with E-state index in [0.29, 0.717) is 10.7 Å². The fourth-order valence-electron chi connectivity index (χ4n) is 1.46. The summed E-state index contributed by atoms with van der Waals surface area (Å²) in [6.45, 7) is 0. The zero-order valence-electron chi connectivity index (χ0n) is 8.87. The third-order valence-electron chi connectivity index (χ3n) is 2.34. The first-order valence-corrected chi connectivity index (χ1v) is 5.27. The van der Waals surface area contributed by atoms with Gasteiger partial charge in [0.15, 0.2) is 0 Å². The number of hydrogen-bond acceptors (Lipinski definition) is 3. The largest absolute Gasteiger partial charge is 0.396 e. The molecule has 0 aliphatic carbocycles. The van der Waals surface area contributed by atoms with Crippen molar-refractivity contribution in [3.05, 3.63) is 41.6 Å². The van der Waals surface area contributed by atoms with Crippen LogP contribution in [0.3, 0.4) is 0 Å². The fourth-order valence-corrected chi connectivity index (χ4v) is 1.59. The molecule has 1 aromatic carbocycles. The molecule has 0 saturated heterocycles. The minimum Gasteiger partial charge on any atom is -0.396 e. The summed E-state index contributed by atoms with van der Waals surface area (Å²) < 4.78 is 0. The highest BCUT2D eigenvalue weighted by Crippen LogP contribution is 2.25. The lowest BCUT2D eigenvalue weighted by Crippen LogP contribution is -1.97. The number of halogens is 1. The molecule has 0 bridgehead atoms. The zero-order chi connectivity index (χ0) is 11.5. The van der Waals surface area contributed by atoms with Crippen molar-refractivity contribution in [1.29, 1.82) is 0 Å². The van der Waals surface area contributed by atoms with Crippen molar-refractivity contribution in [2.45, 2.75) is 0 Å². The van der Waals surface area contributed by atoms with Gasteiger partial charge < -0.3 is 11.1 Å². The SMILES string of the molecule is CNc1cc(-c2ccc(Cl)cc2)ncc1N. The monoisotopic (exact) mass is 233 g/mol. The van der Waals surface area contributed by atoms with Gasteiger partial charge in [-0.3, -0.25) is 4.98 Å². The molecule has 1 heterocycles. The van der Waals surface area contributed by atoms with Crippen LogP contribution in [-0.4, -0.2) is 12.0 Å². The molecule has 0 aliphatic heterocycles. The second-order valence-electron chi connectivity index (χ2n) is 3.41. The van der Waals surface area contributed by atoms with Gasteiger partial charge in [-0.25, -0.2) is 0 Å². The maximum Gasteiger partial charge on any atom is 0.0736 e. The Hall–Kier alpha value is -1.74. The standard InChI is InChI=1S/C12H12ClN3/c1-15-12-6-11(16-7-10(12)14)8-2-4-9(13)5-3-8/h2-7H,14H2,1H3,(H,15,16). The van der Waals surface area contributed by atoms with Crippen LogP contribution in [0.2, 0.25) is 5.02 Å². The molecule has 0 aliphatic rings. The van der Waals surface area contributed by atoms with Gasteiger partial charge in [0.05, 0.1) is 23.3 Å². The highest BCUT2D eigenvalue weighted by molar-refractivity contribution is 6.30. The molecule has 0 radical (unpaired) electrons. The normalized spacial score (nSPS) is 10.1. The van der Waals surface area contributed by atoms with E-state index >= 15 is 0 Å². The van der Waals surface area contributed by atoms with Crippen molar-refractivity contribution in [2.24, 2.45) is 0 Å². The van der Waals surface area contributed by atoms with Gasteiger partial charge in [0.1, 0.15) is 0 Å². The molecule has 3 N–H and O–H groups in total. The van der Waals surface area contributed by atoms with Gasteiger partial charge in [0.2, 0.25) is 0 Å². The van der Waals surface area contributed by atoms with Gasteiger partial charge >= 0.3 is 0 Å². The van der Waals surface area contributed by atoms with E-state index in [1.807, 2.05) is 37.4 Å². The Balaban J connectivity index is 2.44. The Morgan fingerprint density at radius 1 is 1.25 bits per heavy atom. The summed E-state index contributed by atoms with van der Waals surface area (Å²) in [5, 5.41) is 3.74. The number of rotatable bonds is 2. The van der Waals surface area contributed by atoms with Gasteiger partial charge in [-0.2, -0.15) is 0 Å². The molecule has 1 aromatic heterocycles. The lowest BCUT2D eigenvalue weighted by atomic mass is 10.1.